The Balaban J connectivity index is 1.71. The Bertz CT molecular complexity index is 814. The number of aromatic nitrogens is 4. The second-order valence-electron chi connectivity index (χ2n) is 6.60. The Hall–Kier alpha value is -2.01. The van der Waals surface area contributed by atoms with Crippen LogP contribution in [0.3, 0.4) is 0 Å². The second-order valence-corrected chi connectivity index (χ2v) is 6.60. The molecule has 1 saturated heterocycles. The van der Waals surface area contributed by atoms with E-state index in [1.807, 2.05) is 0 Å². The number of anilines is 1. The molecule has 2 aromatic rings. The summed E-state index contributed by atoms with van der Waals surface area (Å²) in [6, 6.07) is 0.278. The minimum absolute atomic E-state index is 0.249. The van der Waals surface area contributed by atoms with Crippen LogP contribution < -0.4 is 11.0 Å². The lowest BCUT2D eigenvalue weighted by Crippen LogP contribution is -2.33. The van der Waals surface area contributed by atoms with Gasteiger partial charge in [-0.3, -0.25) is 9.55 Å². The SMILES string of the molecule is O=c1nc2c(ncn2C2O[C@H](CO)[C@@H](O)[C@H]2O)c(NC2CCCC2)[nH]1. The maximum absolute atomic E-state index is 12.0. The molecule has 4 atom stereocenters. The number of H-pyrrole nitrogens is 1. The highest BCUT2D eigenvalue weighted by atomic mass is 16.6. The van der Waals surface area contributed by atoms with Crippen LogP contribution in [-0.2, 0) is 4.74 Å². The number of aliphatic hydroxyl groups excluding tert-OH is 3. The summed E-state index contributed by atoms with van der Waals surface area (Å²) >= 11 is 0. The largest absolute Gasteiger partial charge is 0.394 e. The fourth-order valence-corrected chi connectivity index (χ4v) is 3.61. The molecule has 2 aromatic heterocycles. The molecule has 1 aliphatic carbocycles. The number of imidazole rings is 1. The zero-order valence-corrected chi connectivity index (χ0v) is 13.5. The molecular formula is C15H21N5O5. The zero-order valence-electron chi connectivity index (χ0n) is 13.5. The lowest BCUT2D eigenvalue weighted by Gasteiger charge is -2.17. The monoisotopic (exact) mass is 351 g/mol. The predicted molar refractivity (Wildman–Crippen MR) is 87.0 cm³/mol. The van der Waals surface area contributed by atoms with Gasteiger partial charge in [0, 0.05) is 6.04 Å². The second kappa shape index (κ2) is 6.37. The third-order valence-corrected chi connectivity index (χ3v) is 4.94. The fraction of sp³-hybridized carbons (Fsp3) is 0.667. The highest BCUT2D eigenvalue weighted by Gasteiger charge is 2.44. The molecular weight excluding hydrogens is 330 g/mol. The van der Waals surface area contributed by atoms with Crippen LogP contribution in [0.2, 0.25) is 0 Å². The average molecular weight is 351 g/mol. The number of nitrogens with zero attached hydrogens (tertiary/aromatic N) is 3. The summed E-state index contributed by atoms with van der Waals surface area (Å²) in [4.78, 5) is 22.9. The normalized spacial score (nSPS) is 30.4. The first kappa shape index (κ1) is 16.5. The van der Waals surface area contributed by atoms with Crippen LogP contribution in [0.1, 0.15) is 31.9 Å². The summed E-state index contributed by atoms with van der Waals surface area (Å²) in [7, 11) is 0. The van der Waals surface area contributed by atoms with Crippen LogP contribution in [0.4, 0.5) is 5.82 Å². The van der Waals surface area contributed by atoms with E-state index in [2.05, 4.69) is 20.3 Å². The summed E-state index contributed by atoms with van der Waals surface area (Å²) in [6.45, 7) is -0.427. The van der Waals surface area contributed by atoms with Crippen molar-refractivity contribution in [2.45, 2.75) is 56.3 Å². The molecule has 4 rings (SSSR count). The van der Waals surface area contributed by atoms with Crippen LogP contribution in [0, 0.1) is 0 Å². The number of hydrogen-bond acceptors (Lipinski definition) is 8. The molecule has 2 aliphatic rings. The minimum atomic E-state index is -1.26. The van der Waals surface area contributed by atoms with Gasteiger partial charge in [0.15, 0.2) is 11.9 Å². The quantitative estimate of drug-likeness (QED) is 0.476. The molecule has 0 amide bonds. The number of hydrogen-bond donors (Lipinski definition) is 5. The molecule has 1 saturated carbocycles. The van der Waals surface area contributed by atoms with Gasteiger partial charge >= 0.3 is 5.69 Å². The minimum Gasteiger partial charge on any atom is -0.394 e. The van der Waals surface area contributed by atoms with Crippen molar-refractivity contribution in [3.63, 3.8) is 0 Å². The summed E-state index contributed by atoms with van der Waals surface area (Å²) in [5.41, 5.74) is 0.171. The van der Waals surface area contributed by atoms with Gasteiger partial charge < -0.3 is 25.4 Å². The van der Waals surface area contributed by atoms with Gasteiger partial charge in [-0.05, 0) is 12.8 Å². The lowest BCUT2D eigenvalue weighted by atomic mass is 10.1. The van der Waals surface area contributed by atoms with Crippen molar-refractivity contribution in [2.24, 2.45) is 0 Å². The summed E-state index contributed by atoms with van der Waals surface area (Å²) < 4.78 is 6.91. The van der Waals surface area contributed by atoms with Crippen molar-refractivity contribution in [2.75, 3.05) is 11.9 Å². The van der Waals surface area contributed by atoms with Crippen LogP contribution in [0.5, 0.6) is 0 Å². The van der Waals surface area contributed by atoms with E-state index in [4.69, 9.17) is 4.74 Å². The third kappa shape index (κ3) is 2.80. The van der Waals surface area contributed by atoms with Gasteiger partial charge in [-0.2, -0.15) is 4.98 Å². The first-order valence-corrected chi connectivity index (χ1v) is 8.44. The van der Waals surface area contributed by atoms with E-state index < -0.39 is 36.8 Å². The van der Waals surface area contributed by atoms with Crippen molar-refractivity contribution in [3.8, 4) is 0 Å². The Morgan fingerprint density at radius 2 is 2.08 bits per heavy atom. The Kier molecular flexibility index (Phi) is 4.20. The van der Waals surface area contributed by atoms with Crippen LogP contribution >= 0.6 is 0 Å². The maximum atomic E-state index is 12.0. The average Bonchev–Trinajstić information content (AvgIpc) is 3.29. The van der Waals surface area contributed by atoms with Gasteiger partial charge in [0.25, 0.3) is 0 Å². The molecule has 10 heteroatoms. The number of nitrogens with one attached hydrogen (secondary N) is 2. The molecule has 0 spiro atoms. The molecule has 10 nitrogen and oxygen atoms in total. The van der Waals surface area contributed by atoms with E-state index in [-0.39, 0.29) is 11.7 Å². The van der Waals surface area contributed by atoms with E-state index in [9.17, 15) is 20.1 Å². The van der Waals surface area contributed by atoms with E-state index >= 15 is 0 Å². The van der Waals surface area contributed by atoms with Crippen LogP contribution in [-0.4, -0.2) is 65.8 Å². The smallest absolute Gasteiger partial charge is 0.348 e. The molecule has 5 N–H and O–H groups in total. The van der Waals surface area contributed by atoms with Gasteiger partial charge in [0.1, 0.15) is 29.6 Å². The lowest BCUT2D eigenvalue weighted by molar-refractivity contribution is -0.0511. The number of fused-ring (bicyclic) bond motifs is 1. The number of aromatic amines is 1. The molecule has 3 heterocycles. The molecule has 25 heavy (non-hydrogen) atoms. The molecule has 136 valence electrons. The Morgan fingerprint density at radius 3 is 2.76 bits per heavy atom. The Labute approximate surface area is 142 Å². The first-order chi connectivity index (χ1) is 12.1. The standard InChI is InChI=1S/C15H21N5O5/c21-5-8-10(22)11(23)14(25-8)20-6-16-9-12(17-7-3-1-2-4-7)18-15(24)19-13(9)20/h6-8,10-11,14,21-23H,1-5H2,(H2,17,18,19,24)/t8-,10-,11-,14?/m1/s1. The van der Waals surface area contributed by atoms with Crippen molar-refractivity contribution >= 4 is 17.0 Å². The predicted octanol–water partition coefficient (Wildman–Crippen LogP) is -0.914. The van der Waals surface area contributed by atoms with Crippen LogP contribution in [0.25, 0.3) is 11.2 Å². The summed E-state index contributed by atoms with van der Waals surface area (Å²) in [5.74, 6) is 0.493. The van der Waals surface area contributed by atoms with Crippen LogP contribution in [0.15, 0.2) is 11.1 Å². The topological polar surface area (TPSA) is 146 Å². The van der Waals surface area contributed by atoms with Gasteiger partial charge in [-0.25, -0.2) is 9.78 Å². The highest BCUT2D eigenvalue weighted by Crippen LogP contribution is 2.32. The highest BCUT2D eigenvalue weighted by molar-refractivity contribution is 5.82. The molecule has 0 bridgehead atoms. The van der Waals surface area contributed by atoms with Gasteiger partial charge in [0.05, 0.1) is 12.9 Å². The fourth-order valence-electron chi connectivity index (χ4n) is 3.61. The van der Waals surface area contributed by atoms with E-state index in [0.29, 0.717) is 11.3 Å². The number of aliphatic hydroxyl groups is 3. The van der Waals surface area contributed by atoms with Crippen molar-refractivity contribution in [1.29, 1.82) is 0 Å². The van der Waals surface area contributed by atoms with Gasteiger partial charge in [-0.15, -0.1) is 0 Å². The van der Waals surface area contributed by atoms with Gasteiger partial charge in [0.2, 0.25) is 0 Å². The third-order valence-electron chi connectivity index (χ3n) is 4.94. The zero-order chi connectivity index (χ0) is 17.6. The first-order valence-electron chi connectivity index (χ1n) is 8.44. The summed E-state index contributed by atoms with van der Waals surface area (Å²) in [6.07, 6.45) is 1.38. The summed E-state index contributed by atoms with van der Waals surface area (Å²) in [5, 5.41) is 32.7. The Morgan fingerprint density at radius 1 is 1.32 bits per heavy atom. The molecule has 0 aromatic carbocycles. The van der Waals surface area contributed by atoms with E-state index in [1.165, 1.54) is 10.9 Å². The van der Waals surface area contributed by atoms with Gasteiger partial charge in [-0.1, -0.05) is 12.8 Å². The van der Waals surface area contributed by atoms with Crippen molar-refractivity contribution < 1.29 is 20.1 Å². The maximum Gasteiger partial charge on any atom is 0.348 e. The van der Waals surface area contributed by atoms with Crippen molar-refractivity contribution in [3.05, 3.63) is 16.8 Å². The molecule has 2 fully saturated rings. The number of ether oxygens (including phenoxy) is 1. The van der Waals surface area contributed by atoms with Crippen molar-refractivity contribution in [1.82, 2.24) is 19.5 Å². The number of rotatable bonds is 4. The molecule has 1 unspecified atom stereocenters. The van der Waals surface area contributed by atoms with E-state index in [0.717, 1.165) is 25.7 Å². The van der Waals surface area contributed by atoms with E-state index in [1.54, 1.807) is 0 Å². The molecule has 1 aliphatic heterocycles. The molecule has 0 radical (unpaired) electrons.